The van der Waals surface area contributed by atoms with Crippen molar-refractivity contribution in [3.63, 3.8) is 0 Å². The predicted molar refractivity (Wildman–Crippen MR) is 89.7 cm³/mol. The highest BCUT2D eigenvalue weighted by atomic mass is 16.6. The Morgan fingerprint density at radius 1 is 0.962 bits per heavy atom. The van der Waals surface area contributed by atoms with Crippen LogP contribution in [0.15, 0.2) is 48.5 Å². The molecule has 26 heavy (non-hydrogen) atoms. The Hall–Kier alpha value is -3.82. The van der Waals surface area contributed by atoms with Gasteiger partial charge < -0.3 is 10.1 Å². The summed E-state index contributed by atoms with van der Waals surface area (Å²) in [6, 6.07) is 10.6. The number of hydrogen-bond donors (Lipinski definition) is 1. The van der Waals surface area contributed by atoms with Gasteiger partial charge in [0.1, 0.15) is 11.3 Å². The molecule has 0 fully saturated rings. The normalized spacial score (nSPS) is 11.3. The number of benzene rings is 2. The minimum Gasteiger partial charge on any atom is -0.449 e. The smallest absolute Gasteiger partial charge is 0.345 e. The summed E-state index contributed by atoms with van der Waals surface area (Å²) < 4.78 is 4.94. The fourth-order valence-electron chi connectivity index (χ4n) is 2.06. The van der Waals surface area contributed by atoms with Crippen molar-refractivity contribution in [2.45, 2.75) is 13.0 Å². The monoisotopic (exact) mass is 359 g/mol. The number of esters is 1. The summed E-state index contributed by atoms with van der Waals surface area (Å²) in [5, 5.41) is 24.2. The predicted octanol–water partition coefficient (Wildman–Crippen LogP) is 2.69. The quantitative estimate of drug-likeness (QED) is 0.474. The molecule has 2 rings (SSSR count). The van der Waals surface area contributed by atoms with E-state index < -0.39 is 33.5 Å². The number of carbonyl (C=O) groups is 2. The number of amides is 1. The zero-order valence-corrected chi connectivity index (χ0v) is 13.4. The van der Waals surface area contributed by atoms with Gasteiger partial charge in [-0.2, -0.15) is 0 Å². The van der Waals surface area contributed by atoms with Crippen LogP contribution in [0.4, 0.5) is 17.1 Å². The molecule has 1 amide bonds. The standard InChI is InChI=1S/C16H13N3O7/c1-10(15(20)17-12-7-3-5-9-14(12)19(24)25)26-16(21)11-6-2-4-8-13(11)18(22)23/h2-10H,1H3,(H,17,20). The molecule has 0 spiro atoms. The van der Waals surface area contributed by atoms with Crippen LogP contribution in [-0.2, 0) is 9.53 Å². The SMILES string of the molecule is CC(OC(=O)c1ccccc1[N+](=O)[O-])C(=O)Nc1ccccc1[N+](=O)[O-]. The van der Waals surface area contributed by atoms with Crippen LogP contribution >= 0.6 is 0 Å². The van der Waals surface area contributed by atoms with Crippen LogP contribution in [0, 0.1) is 20.2 Å². The maximum absolute atomic E-state index is 12.1. The summed E-state index contributed by atoms with van der Waals surface area (Å²) in [4.78, 5) is 44.7. The molecule has 0 aliphatic carbocycles. The van der Waals surface area contributed by atoms with E-state index in [9.17, 15) is 29.8 Å². The summed E-state index contributed by atoms with van der Waals surface area (Å²) in [5.74, 6) is -1.87. The molecule has 0 aliphatic heterocycles. The van der Waals surface area contributed by atoms with Gasteiger partial charge in [0.2, 0.25) is 0 Å². The number of hydrogen-bond acceptors (Lipinski definition) is 7. The van der Waals surface area contributed by atoms with Gasteiger partial charge >= 0.3 is 5.97 Å². The maximum Gasteiger partial charge on any atom is 0.345 e. The Bertz CT molecular complexity index is 882. The van der Waals surface area contributed by atoms with E-state index >= 15 is 0 Å². The van der Waals surface area contributed by atoms with Crippen molar-refractivity contribution in [2.75, 3.05) is 5.32 Å². The van der Waals surface area contributed by atoms with Crippen LogP contribution in [0.5, 0.6) is 0 Å². The van der Waals surface area contributed by atoms with Crippen LogP contribution in [0.2, 0.25) is 0 Å². The van der Waals surface area contributed by atoms with Gasteiger partial charge in [-0.1, -0.05) is 24.3 Å². The Kier molecular flexibility index (Phi) is 5.58. The van der Waals surface area contributed by atoms with E-state index in [0.29, 0.717) is 0 Å². The number of para-hydroxylation sites is 3. The molecule has 0 saturated heterocycles. The number of ether oxygens (including phenoxy) is 1. The third-order valence-corrected chi connectivity index (χ3v) is 3.33. The van der Waals surface area contributed by atoms with Gasteiger partial charge in [-0.15, -0.1) is 0 Å². The van der Waals surface area contributed by atoms with Gasteiger partial charge in [-0.3, -0.25) is 25.0 Å². The summed E-state index contributed by atoms with van der Waals surface area (Å²) in [5.41, 5.74) is -1.14. The first-order chi connectivity index (χ1) is 12.3. The summed E-state index contributed by atoms with van der Waals surface area (Å²) in [6.07, 6.45) is -1.33. The molecule has 10 heteroatoms. The van der Waals surface area contributed by atoms with Crippen LogP contribution < -0.4 is 5.32 Å². The third-order valence-electron chi connectivity index (χ3n) is 3.33. The van der Waals surface area contributed by atoms with E-state index in [1.165, 1.54) is 49.4 Å². The Morgan fingerprint density at radius 2 is 1.50 bits per heavy atom. The van der Waals surface area contributed by atoms with Crippen molar-refractivity contribution in [3.8, 4) is 0 Å². The van der Waals surface area contributed by atoms with E-state index in [-0.39, 0.29) is 16.9 Å². The zero-order chi connectivity index (χ0) is 19.3. The molecule has 0 aromatic heterocycles. The lowest BCUT2D eigenvalue weighted by Gasteiger charge is -2.13. The molecule has 0 saturated carbocycles. The molecular formula is C16H13N3O7. The van der Waals surface area contributed by atoms with Gasteiger partial charge in [0, 0.05) is 12.1 Å². The number of nitro benzene ring substituents is 2. The summed E-state index contributed by atoms with van der Waals surface area (Å²) >= 11 is 0. The highest BCUT2D eigenvalue weighted by Gasteiger charge is 2.26. The second-order valence-electron chi connectivity index (χ2n) is 5.09. The van der Waals surface area contributed by atoms with Crippen molar-refractivity contribution in [2.24, 2.45) is 0 Å². The number of nitro groups is 2. The lowest BCUT2D eigenvalue weighted by atomic mass is 10.2. The van der Waals surface area contributed by atoms with Crippen LogP contribution in [0.25, 0.3) is 0 Å². The molecule has 10 nitrogen and oxygen atoms in total. The van der Waals surface area contributed by atoms with E-state index in [2.05, 4.69) is 5.32 Å². The molecule has 0 heterocycles. The van der Waals surface area contributed by atoms with E-state index in [4.69, 9.17) is 4.74 Å². The summed E-state index contributed by atoms with van der Waals surface area (Å²) in [6.45, 7) is 1.25. The lowest BCUT2D eigenvalue weighted by molar-refractivity contribution is -0.385. The fraction of sp³-hybridized carbons (Fsp3) is 0.125. The first-order valence-electron chi connectivity index (χ1n) is 7.30. The maximum atomic E-state index is 12.1. The van der Waals surface area contributed by atoms with Crippen molar-refractivity contribution in [1.29, 1.82) is 0 Å². The van der Waals surface area contributed by atoms with Gasteiger partial charge in [-0.05, 0) is 19.1 Å². The number of anilines is 1. The number of nitrogens with zero attached hydrogens (tertiary/aromatic N) is 2. The average Bonchev–Trinajstić information content (AvgIpc) is 2.61. The molecule has 1 unspecified atom stereocenters. The van der Waals surface area contributed by atoms with Crippen molar-refractivity contribution in [1.82, 2.24) is 0 Å². The average molecular weight is 359 g/mol. The van der Waals surface area contributed by atoms with Crippen LogP contribution in [-0.4, -0.2) is 27.8 Å². The minimum absolute atomic E-state index is 0.0592. The van der Waals surface area contributed by atoms with Crippen molar-refractivity contribution >= 4 is 28.9 Å². The minimum atomic E-state index is -1.33. The highest BCUT2D eigenvalue weighted by Crippen LogP contribution is 2.24. The topological polar surface area (TPSA) is 142 Å². The van der Waals surface area contributed by atoms with Gasteiger partial charge in [0.25, 0.3) is 17.3 Å². The van der Waals surface area contributed by atoms with E-state index in [1.807, 2.05) is 0 Å². The van der Waals surface area contributed by atoms with Crippen molar-refractivity contribution < 1.29 is 24.2 Å². The largest absolute Gasteiger partial charge is 0.449 e. The lowest BCUT2D eigenvalue weighted by Crippen LogP contribution is -2.30. The molecule has 0 radical (unpaired) electrons. The molecule has 1 N–H and O–H groups in total. The highest BCUT2D eigenvalue weighted by molar-refractivity contribution is 5.99. The number of nitrogens with one attached hydrogen (secondary N) is 1. The first kappa shape index (κ1) is 18.5. The molecular weight excluding hydrogens is 346 g/mol. The molecule has 0 bridgehead atoms. The molecule has 134 valence electrons. The van der Waals surface area contributed by atoms with Crippen LogP contribution in [0.3, 0.4) is 0 Å². The molecule has 1 atom stereocenters. The second-order valence-corrected chi connectivity index (χ2v) is 5.09. The molecule has 2 aromatic carbocycles. The van der Waals surface area contributed by atoms with E-state index in [1.54, 1.807) is 0 Å². The first-order valence-corrected chi connectivity index (χ1v) is 7.30. The van der Waals surface area contributed by atoms with Gasteiger partial charge in [-0.25, -0.2) is 4.79 Å². The third kappa shape index (κ3) is 4.17. The van der Waals surface area contributed by atoms with Crippen molar-refractivity contribution in [3.05, 3.63) is 74.3 Å². The number of rotatable bonds is 6. The molecule has 0 aliphatic rings. The Labute approximate surface area is 146 Å². The fourth-order valence-corrected chi connectivity index (χ4v) is 2.06. The molecule has 2 aromatic rings. The number of carbonyl (C=O) groups excluding carboxylic acids is 2. The second kappa shape index (κ2) is 7.83. The summed E-state index contributed by atoms with van der Waals surface area (Å²) in [7, 11) is 0. The van der Waals surface area contributed by atoms with Gasteiger partial charge in [0.15, 0.2) is 6.10 Å². The van der Waals surface area contributed by atoms with Gasteiger partial charge in [0.05, 0.1) is 9.85 Å². The zero-order valence-electron chi connectivity index (χ0n) is 13.4. The van der Waals surface area contributed by atoms with Crippen LogP contribution in [0.1, 0.15) is 17.3 Å². The Balaban J connectivity index is 2.12. The van der Waals surface area contributed by atoms with E-state index in [0.717, 1.165) is 6.07 Å². The Morgan fingerprint density at radius 3 is 2.12 bits per heavy atom.